The van der Waals surface area contributed by atoms with Crippen molar-refractivity contribution in [2.24, 2.45) is 0 Å². The molecule has 3 aromatic rings. The van der Waals surface area contributed by atoms with Crippen molar-refractivity contribution in [2.45, 2.75) is 6.42 Å². The second-order valence-electron chi connectivity index (χ2n) is 8.54. The predicted molar refractivity (Wildman–Crippen MR) is 148 cm³/mol. The minimum atomic E-state index is -0.385. The van der Waals surface area contributed by atoms with Gasteiger partial charge in [0.05, 0.1) is 24.3 Å². The molecule has 1 aliphatic heterocycles. The zero-order chi connectivity index (χ0) is 25.3. The van der Waals surface area contributed by atoms with Crippen LogP contribution in [0.2, 0.25) is 0 Å². The third-order valence-electron chi connectivity index (χ3n) is 6.23. The highest BCUT2D eigenvalue weighted by molar-refractivity contribution is 9.10. The van der Waals surface area contributed by atoms with E-state index in [-0.39, 0.29) is 10.6 Å². The van der Waals surface area contributed by atoms with Gasteiger partial charge in [-0.1, -0.05) is 58.4 Å². The fourth-order valence-electron chi connectivity index (χ4n) is 4.27. The molecular formula is C28H30BrN3O4. The summed E-state index contributed by atoms with van der Waals surface area (Å²) in [5, 5.41) is 11.3. The van der Waals surface area contributed by atoms with Gasteiger partial charge < -0.3 is 14.4 Å². The second-order valence-corrected chi connectivity index (χ2v) is 9.39. The molecule has 1 heterocycles. The minimum Gasteiger partial charge on any atom is -0.495 e. The van der Waals surface area contributed by atoms with Gasteiger partial charge in [0.15, 0.2) is 0 Å². The normalized spacial score (nSPS) is 14.2. The van der Waals surface area contributed by atoms with E-state index in [1.54, 1.807) is 19.2 Å². The quantitative estimate of drug-likeness (QED) is 0.131. The molecule has 0 spiro atoms. The van der Waals surface area contributed by atoms with Crippen molar-refractivity contribution >= 4 is 39.5 Å². The van der Waals surface area contributed by atoms with Gasteiger partial charge in [0.2, 0.25) is 0 Å². The van der Waals surface area contributed by atoms with Gasteiger partial charge in [-0.3, -0.25) is 15.0 Å². The van der Waals surface area contributed by atoms with Gasteiger partial charge in [0.1, 0.15) is 11.5 Å². The molecule has 3 aromatic carbocycles. The molecule has 1 saturated heterocycles. The van der Waals surface area contributed by atoms with E-state index in [2.05, 4.69) is 31.8 Å². The van der Waals surface area contributed by atoms with Crippen molar-refractivity contribution in [3.63, 3.8) is 0 Å². The topological polar surface area (TPSA) is 68.1 Å². The summed E-state index contributed by atoms with van der Waals surface area (Å²) >= 11 is 3.53. The summed E-state index contributed by atoms with van der Waals surface area (Å²) in [6.07, 6.45) is 4.66. The van der Waals surface area contributed by atoms with Crippen LogP contribution < -0.4 is 14.4 Å². The van der Waals surface area contributed by atoms with Crippen LogP contribution in [-0.4, -0.2) is 56.3 Å². The summed E-state index contributed by atoms with van der Waals surface area (Å²) in [6, 6.07) is 20.7. The van der Waals surface area contributed by atoms with E-state index in [9.17, 15) is 10.1 Å². The molecular weight excluding hydrogens is 522 g/mol. The van der Waals surface area contributed by atoms with Crippen LogP contribution in [0.15, 0.2) is 71.2 Å². The SMILES string of the molecule is COc1ccccc1N1CCN(CCCOc2ccc([N+](=O)[O-])cc2/C=C/c2ccccc2Br)CC1. The fourth-order valence-corrected chi connectivity index (χ4v) is 4.69. The van der Waals surface area contributed by atoms with E-state index in [4.69, 9.17) is 9.47 Å². The van der Waals surface area contributed by atoms with Gasteiger partial charge in [-0.15, -0.1) is 0 Å². The Kier molecular flexibility index (Phi) is 8.97. The number of para-hydroxylation sites is 2. The highest BCUT2D eigenvalue weighted by Gasteiger charge is 2.19. The van der Waals surface area contributed by atoms with Crippen molar-refractivity contribution < 1.29 is 14.4 Å². The number of halogens is 1. The summed E-state index contributed by atoms with van der Waals surface area (Å²) in [5.74, 6) is 1.55. The van der Waals surface area contributed by atoms with Gasteiger partial charge in [0, 0.05) is 54.9 Å². The van der Waals surface area contributed by atoms with Crippen LogP contribution in [0, 0.1) is 10.1 Å². The number of ether oxygens (including phenoxy) is 2. The van der Waals surface area contributed by atoms with Crippen molar-refractivity contribution in [3.05, 3.63) is 92.4 Å². The summed E-state index contributed by atoms with van der Waals surface area (Å²) in [5.41, 5.74) is 2.86. The van der Waals surface area contributed by atoms with Crippen LogP contribution in [0.3, 0.4) is 0 Å². The lowest BCUT2D eigenvalue weighted by Crippen LogP contribution is -2.46. The molecule has 0 aromatic heterocycles. The molecule has 36 heavy (non-hydrogen) atoms. The fraction of sp³-hybridized carbons (Fsp3) is 0.286. The number of non-ortho nitro benzene ring substituents is 1. The third-order valence-corrected chi connectivity index (χ3v) is 6.95. The molecule has 188 valence electrons. The van der Waals surface area contributed by atoms with Crippen LogP contribution >= 0.6 is 15.9 Å². The highest BCUT2D eigenvalue weighted by Crippen LogP contribution is 2.29. The zero-order valence-electron chi connectivity index (χ0n) is 20.3. The standard InChI is InChI=1S/C28H30BrN3O4/c1-35-28-10-5-4-9-26(28)31-18-16-30(17-19-31)15-6-20-36-27-14-13-24(32(33)34)21-23(27)12-11-22-7-2-3-8-25(22)29/h2-5,7-14,21H,6,15-20H2,1H3/b12-11+. The van der Waals surface area contributed by atoms with Gasteiger partial charge in [0.25, 0.3) is 5.69 Å². The van der Waals surface area contributed by atoms with Crippen molar-refractivity contribution in [3.8, 4) is 11.5 Å². The highest BCUT2D eigenvalue weighted by atomic mass is 79.9. The molecule has 1 fully saturated rings. The van der Waals surface area contributed by atoms with Crippen LogP contribution in [0.5, 0.6) is 11.5 Å². The maximum Gasteiger partial charge on any atom is 0.270 e. The van der Waals surface area contributed by atoms with Crippen LogP contribution in [0.25, 0.3) is 12.2 Å². The van der Waals surface area contributed by atoms with Crippen molar-refractivity contribution in [1.29, 1.82) is 0 Å². The van der Waals surface area contributed by atoms with Crippen LogP contribution in [-0.2, 0) is 0 Å². The molecule has 0 amide bonds. The lowest BCUT2D eigenvalue weighted by atomic mass is 10.1. The maximum absolute atomic E-state index is 11.3. The smallest absolute Gasteiger partial charge is 0.270 e. The number of hydrogen-bond donors (Lipinski definition) is 0. The molecule has 0 radical (unpaired) electrons. The maximum atomic E-state index is 11.3. The molecule has 7 nitrogen and oxygen atoms in total. The summed E-state index contributed by atoms with van der Waals surface area (Å²) < 4.78 is 12.5. The summed E-state index contributed by atoms with van der Waals surface area (Å²) in [6.45, 7) is 5.35. The van der Waals surface area contributed by atoms with Crippen molar-refractivity contribution in [1.82, 2.24) is 4.90 Å². The first-order valence-electron chi connectivity index (χ1n) is 12.0. The first-order chi connectivity index (χ1) is 17.5. The number of piperazine rings is 1. The number of nitro groups is 1. The van der Waals surface area contributed by atoms with Gasteiger partial charge in [-0.2, -0.15) is 0 Å². The summed E-state index contributed by atoms with van der Waals surface area (Å²) in [4.78, 5) is 15.7. The lowest BCUT2D eigenvalue weighted by molar-refractivity contribution is -0.384. The van der Waals surface area contributed by atoms with Gasteiger partial charge in [-0.25, -0.2) is 0 Å². The number of nitro benzene ring substituents is 1. The van der Waals surface area contributed by atoms with E-state index in [0.717, 1.165) is 60.6 Å². The monoisotopic (exact) mass is 551 g/mol. The molecule has 0 atom stereocenters. The lowest BCUT2D eigenvalue weighted by Gasteiger charge is -2.36. The molecule has 0 unspecified atom stereocenters. The van der Waals surface area contributed by atoms with Gasteiger partial charge >= 0.3 is 0 Å². The second kappa shape index (κ2) is 12.6. The average molecular weight is 552 g/mol. The van der Waals surface area contributed by atoms with Crippen LogP contribution in [0.4, 0.5) is 11.4 Å². The molecule has 0 saturated carbocycles. The zero-order valence-corrected chi connectivity index (χ0v) is 21.9. The molecule has 8 heteroatoms. The molecule has 0 N–H and O–H groups in total. The van der Waals surface area contributed by atoms with E-state index < -0.39 is 0 Å². The molecule has 0 aliphatic carbocycles. The van der Waals surface area contributed by atoms with E-state index in [0.29, 0.717) is 17.9 Å². The Bertz CT molecular complexity index is 1210. The first-order valence-corrected chi connectivity index (χ1v) is 12.8. The predicted octanol–water partition coefficient (Wildman–Crippen LogP) is 6.13. The van der Waals surface area contributed by atoms with Crippen molar-refractivity contribution in [2.75, 3.05) is 51.3 Å². The Balaban J connectivity index is 1.31. The number of nitrogens with zero attached hydrogens (tertiary/aromatic N) is 3. The van der Waals surface area contributed by atoms with E-state index in [1.165, 1.54) is 6.07 Å². The largest absolute Gasteiger partial charge is 0.495 e. The Labute approximate surface area is 220 Å². The van der Waals surface area contributed by atoms with Gasteiger partial charge in [-0.05, 0) is 36.2 Å². The Morgan fingerprint density at radius 2 is 1.67 bits per heavy atom. The summed E-state index contributed by atoms with van der Waals surface area (Å²) in [7, 11) is 1.71. The Hall–Kier alpha value is -3.36. The number of benzene rings is 3. The number of methoxy groups -OCH3 is 1. The molecule has 4 rings (SSSR count). The van der Waals surface area contributed by atoms with Crippen LogP contribution in [0.1, 0.15) is 17.5 Å². The number of anilines is 1. The van der Waals surface area contributed by atoms with E-state index >= 15 is 0 Å². The third kappa shape index (κ3) is 6.65. The Morgan fingerprint density at radius 3 is 2.42 bits per heavy atom. The number of rotatable bonds is 10. The first kappa shape index (κ1) is 25.7. The minimum absolute atomic E-state index is 0.0436. The molecule has 0 bridgehead atoms. The van der Waals surface area contributed by atoms with E-state index in [1.807, 2.05) is 54.6 Å². The average Bonchev–Trinajstić information content (AvgIpc) is 2.91. The molecule has 1 aliphatic rings. The Morgan fingerprint density at radius 1 is 0.944 bits per heavy atom. The number of hydrogen-bond acceptors (Lipinski definition) is 6.